The van der Waals surface area contributed by atoms with E-state index in [9.17, 15) is 4.79 Å². The molecule has 0 aromatic rings. The molecule has 1 N–H and O–H groups in total. The van der Waals surface area contributed by atoms with Gasteiger partial charge in [-0.15, -0.1) is 0 Å². The van der Waals surface area contributed by atoms with E-state index in [2.05, 4.69) is 5.32 Å². The number of hydrogen-bond acceptors (Lipinski definition) is 2. The molecule has 1 amide bonds. The number of likely N-dealkylation sites (tertiary alicyclic amines) is 1. The van der Waals surface area contributed by atoms with E-state index in [0.29, 0.717) is 11.4 Å². The van der Waals surface area contributed by atoms with Crippen molar-refractivity contribution in [1.82, 2.24) is 10.2 Å². The van der Waals surface area contributed by atoms with Gasteiger partial charge in [-0.25, -0.2) is 0 Å². The Bertz CT molecular complexity index is 211. The monoisotopic (exact) mass is 182 g/mol. The summed E-state index contributed by atoms with van der Waals surface area (Å²) in [4.78, 5) is 13.5. The second-order valence-electron chi connectivity index (χ2n) is 4.66. The van der Waals surface area contributed by atoms with Crippen molar-refractivity contribution in [3.8, 4) is 0 Å². The summed E-state index contributed by atoms with van der Waals surface area (Å²) < 4.78 is 0. The van der Waals surface area contributed by atoms with E-state index in [4.69, 9.17) is 0 Å². The van der Waals surface area contributed by atoms with Crippen molar-refractivity contribution in [3.63, 3.8) is 0 Å². The molecule has 0 aromatic heterocycles. The molecule has 0 bridgehead atoms. The average molecular weight is 182 g/mol. The van der Waals surface area contributed by atoms with Gasteiger partial charge in [0.05, 0.1) is 5.54 Å². The average Bonchev–Trinajstić information content (AvgIpc) is 2.47. The number of carbonyl (C=O) groups excluding carboxylic acids is 1. The fourth-order valence-electron chi connectivity index (χ4n) is 2.34. The number of nitrogens with one attached hydrogen (secondary N) is 1. The van der Waals surface area contributed by atoms with Gasteiger partial charge in [-0.3, -0.25) is 4.79 Å². The molecule has 2 fully saturated rings. The van der Waals surface area contributed by atoms with Crippen LogP contribution in [-0.4, -0.2) is 36.0 Å². The second-order valence-corrected chi connectivity index (χ2v) is 4.66. The summed E-state index contributed by atoms with van der Waals surface area (Å²) in [6, 6.07) is 0. The molecule has 0 unspecified atom stereocenters. The van der Waals surface area contributed by atoms with Crippen LogP contribution < -0.4 is 5.32 Å². The van der Waals surface area contributed by atoms with Crippen LogP contribution in [0.4, 0.5) is 0 Å². The van der Waals surface area contributed by atoms with Crippen molar-refractivity contribution in [2.24, 2.45) is 5.92 Å². The Morgan fingerprint density at radius 1 is 1.46 bits per heavy atom. The quantitative estimate of drug-likeness (QED) is 0.644. The fraction of sp³-hybridized carbons (Fsp3) is 0.900. The molecule has 1 spiro atoms. The zero-order valence-corrected chi connectivity index (χ0v) is 8.47. The first kappa shape index (κ1) is 9.00. The molecule has 2 rings (SSSR count). The lowest BCUT2D eigenvalue weighted by Gasteiger charge is -2.48. The molecule has 2 heterocycles. The molecule has 74 valence electrons. The summed E-state index contributed by atoms with van der Waals surface area (Å²) >= 11 is 0. The highest BCUT2D eigenvalue weighted by Crippen LogP contribution is 2.30. The normalized spacial score (nSPS) is 25.3. The largest absolute Gasteiger partial charge is 0.339 e. The molecule has 3 nitrogen and oxygen atoms in total. The molecule has 0 atom stereocenters. The van der Waals surface area contributed by atoms with Crippen LogP contribution in [0.3, 0.4) is 0 Å². The van der Waals surface area contributed by atoms with Crippen LogP contribution in [0.2, 0.25) is 0 Å². The smallest absolute Gasteiger partial charge is 0.225 e. The molecule has 2 aliphatic rings. The highest BCUT2D eigenvalue weighted by molar-refractivity contribution is 5.79. The van der Waals surface area contributed by atoms with Gasteiger partial charge in [0.1, 0.15) is 0 Å². The molecular weight excluding hydrogens is 164 g/mol. The lowest BCUT2D eigenvalue weighted by Crippen LogP contribution is -2.68. The van der Waals surface area contributed by atoms with Crippen molar-refractivity contribution < 1.29 is 4.79 Å². The van der Waals surface area contributed by atoms with Crippen LogP contribution in [0.25, 0.3) is 0 Å². The number of amides is 1. The third-order valence-corrected chi connectivity index (χ3v) is 3.12. The fourth-order valence-corrected chi connectivity index (χ4v) is 2.34. The standard InChI is InChI=1S/C10H18N2O/c1-8(2)9(13)12-6-10(7-12)4-3-5-11-10/h8,11H,3-7H2,1-2H3. The summed E-state index contributed by atoms with van der Waals surface area (Å²) in [7, 11) is 0. The van der Waals surface area contributed by atoms with Crippen molar-refractivity contribution in [2.75, 3.05) is 19.6 Å². The Morgan fingerprint density at radius 2 is 2.15 bits per heavy atom. The minimum absolute atomic E-state index is 0.152. The molecule has 0 saturated carbocycles. The highest BCUT2D eigenvalue weighted by atomic mass is 16.2. The molecule has 3 heteroatoms. The van der Waals surface area contributed by atoms with Crippen LogP contribution in [0.5, 0.6) is 0 Å². The lowest BCUT2D eigenvalue weighted by molar-refractivity contribution is -0.142. The molecule has 0 radical (unpaired) electrons. The third kappa shape index (κ3) is 1.46. The topological polar surface area (TPSA) is 32.3 Å². The maximum Gasteiger partial charge on any atom is 0.225 e. The SMILES string of the molecule is CC(C)C(=O)N1CC2(CCCN2)C1. The van der Waals surface area contributed by atoms with Crippen LogP contribution in [-0.2, 0) is 4.79 Å². The summed E-state index contributed by atoms with van der Waals surface area (Å²) in [6.07, 6.45) is 2.51. The lowest BCUT2D eigenvalue weighted by atomic mass is 9.87. The Hall–Kier alpha value is -0.570. The van der Waals surface area contributed by atoms with Crippen LogP contribution in [0.1, 0.15) is 26.7 Å². The van der Waals surface area contributed by atoms with E-state index < -0.39 is 0 Å². The van der Waals surface area contributed by atoms with Crippen molar-refractivity contribution in [3.05, 3.63) is 0 Å². The molecule has 0 aliphatic carbocycles. The van der Waals surface area contributed by atoms with Gasteiger partial charge in [0.2, 0.25) is 5.91 Å². The first-order chi connectivity index (χ1) is 6.13. The number of rotatable bonds is 1. The molecule has 13 heavy (non-hydrogen) atoms. The van der Waals surface area contributed by atoms with E-state index in [0.717, 1.165) is 19.6 Å². The Morgan fingerprint density at radius 3 is 2.62 bits per heavy atom. The van der Waals surface area contributed by atoms with Crippen molar-refractivity contribution >= 4 is 5.91 Å². The predicted molar refractivity (Wildman–Crippen MR) is 51.4 cm³/mol. The Kier molecular flexibility index (Phi) is 2.06. The zero-order valence-electron chi connectivity index (χ0n) is 8.47. The van der Waals surface area contributed by atoms with Gasteiger partial charge in [-0.05, 0) is 19.4 Å². The summed E-state index contributed by atoms with van der Waals surface area (Å²) in [5, 5.41) is 3.50. The molecule has 2 aliphatic heterocycles. The van der Waals surface area contributed by atoms with Gasteiger partial charge in [-0.2, -0.15) is 0 Å². The van der Waals surface area contributed by atoms with E-state index in [1.54, 1.807) is 0 Å². The first-order valence-corrected chi connectivity index (χ1v) is 5.17. The van der Waals surface area contributed by atoms with E-state index >= 15 is 0 Å². The minimum atomic E-state index is 0.152. The van der Waals surface area contributed by atoms with Gasteiger partial charge in [-0.1, -0.05) is 13.8 Å². The maximum atomic E-state index is 11.6. The van der Waals surface area contributed by atoms with Crippen LogP contribution >= 0.6 is 0 Å². The Labute approximate surface area is 79.5 Å². The highest BCUT2D eigenvalue weighted by Gasteiger charge is 2.46. The molecule has 2 saturated heterocycles. The van der Waals surface area contributed by atoms with Gasteiger partial charge in [0.15, 0.2) is 0 Å². The Balaban J connectivity index is 1.87. The van der Waals surface area contributed by atoms with E-state index in [1.807, 2.05) is 18.7 Å². The summed E-state index contributed by atoms with van der Waals surface area (Å²) in [5.74, 6) is 0.457. The van der Waals surface area contributed by atoms with Gasteiger partial charge >= 0.3 is 0 Å². The van der Waals surface area contributed by atoms with E-state index in [1.165, 1.54) is 12.8 Å². The number of hydrogen-bond donors (Lipinski definition) is 1. The van der Waals surface area contributed by atoms with Gasteiger partial charge in [0.25, 0.3) is 0 Å². The zero-order chi connectivity index (χ0) is 9.47. The summed E-state index contributed by atoms with van der Waals surface area (Å²) in [6.45, 7) is 6.93. The second kappa shape index (κ2) is 2.98. The predicted octanol–water partition coefficient (Wildman–Crippen LogP) is 0.607. The van der Waals surface area contributed by atoms with Crippen molar-refractivity contribution in [1.29, 1.82) is 0 Å². The summed E-state index contributed by atoms with van der Waals surface area (Å²) in [5.41, 5.74) is 0.310. The van der Waals surface area contributed by atoms with E-state index in [-0.39, 0.29) is 5.92 Å². The maximum absolute atomic E-state index is 11.6. The van der Waals surface area contributed by atoms with Gasteiger partial charge in [0, 0.05) is 19.0 Å². The van der Waals surface area contributed by atoms with Crippen LogP contribution in [0, 0.1) is 5.92 Å². The van der Waals surface area contributed by atoms with Gasteiger partial charge < -0.3 is 10.2 Å². The molecular formula is C10H18N2O. The van der Waals surface area contributed by atoms with Crippen LogP contribution in [0.15, 0.2) is 0 Å². The minimum Gasteiger partial charge on any atom is -0.339 e. The first-order valence-electron chi connectivity index (χ1n) is 5.17. The number of nitrogens with zero attached hydrogens (tertiary/aromatic N) is 1. The third-order valence-electron chi connectivity index (χ3n) is 3.12. The number of carbonyl (C=O) groups is 1. The molecule has 0 aromatic carbocycles. The van der Waals surface area contributed by atoms with Crippen molar-refractivity contribution in [2.45, 2.75) is 32.2 Å².